The van der Waals surface area contributed by atoms with E-state index in [9.17, 15) is 9.59 Å². The predicted molar refractivity (Wildman–Crippen MR) is 120 cm³/mol. The second-order valence-electron chi connectivity index (χ2n) is 9.74. The molecule has 2 aromatic rings. The van der Waals surface area contributed by atoms with Crippen LogP contribution in [-0.2, 0) is 26.2 Å². The van der Waals surface area contributed by atoms with Gasteiger partial charge in [0.05, 0.1) is 5.41 Å². The van der Waals surface area contributed by atoms with Crippen LogP contribution in [0.15, 0.2) is 24.3 Å². The average Bonchev–Trinajstić information content (AvgIpc) is 3.43. The smallest absolute Gasteiger partial charge is 0.302 e. The van der Waals surface area contributed by atoms with Gasteiger partial charge in [-0.1, -0.05) is 13.0 Å². The summed E-state index contributed by atoms with van der Waals surface area (Å²) in [4.78, 5) is 26.9. The van der Waals surface area contributed by atoms with Gasteiger partial charge in [0, 0.05) is 37.4 Å². The number of likely N-dealkylation sites (N-methyl/N-ethyl adjacent to an activating group) is 1. The minimum absolute atomic E-state index is 0.0844. The normalized spacial score (nSPS) is 28.1. The Balaban J connectivity index is 1.62. The van der Waals surface area contributed by atoms with Gasteiger partial charge in [0.15, 0.2) is 23.0 Å². The molecule has 8 heteroatoms. The Morgan fingerprint density at radius 1 is 1.06 bits per heavy atom. The topological polar surface area (TPSA) is 83.5 Å². The van der Waals surface area contributed by atoms with Crippen molar-refractivity contribution in [3.05, 3.63) is 46.5 Å². The minimum Gasteiger partial charge on any atom is -0.461 e. The molecule has 0 aromatic heterocycles. The fourth-order valence-corrected chi connectivity index (χ4v) is 6.37. The van der Waals surface area contributed by atoms with Gasteiger partial charge in [0.1, 0.15) is 11.9 Å². The predicted octanol–water partition coefficient (Wildman–Crippen LogP) is 3.60. The summed E-state index contributed by atoms with van der Waals surface area (Å²) in [7, 11) is 2.03. The minimum atomic E-state index is -0.606. The molecule has 4 aliphatic rings. The third-order valence-corrected chi connectivity index (χ3v) is 7.75. The molecular formula is C26H27NO7. The summed E-state index contributed by atoms with van der Waals surface area (Å²) in [5.74, 6) is 2.51. The fraction of sp³-hybridized carbons (Fsp3) is 0.462. The average molecular weight is 466 g/mol. The highest BCUT2D eigenvalue weighted by Crippen LogP contribution is 2.61. The van der Waals surface area contributed by atoms with E-state index in [1.54, 1.807) is 6.92 Å². The molecule has 6 rings (SSSR count). The third-order valence-electron chi connectivity index (χ3n) is 7.75. The van der Waals surface area contributed by atoms with Crippen molar-refractivity contribution in [3.63, 3.8) is 0 Å². The van der Waals surface area contributed by atoms with E-state index in [-0.39, 0.29) is 37.4 Å². The largest absolute Gasteiger partial charge is 0.461 e. The van der Waals surface area contributed by atoms with Crippen LogP contribution < -0.4 is 18.9 Å². The second-order valence-corrected chi connectivity index (χ2v) is 9.74. The van der Waals surface area contributed by atoms with Gasteiger partial charge in [-0.2, -0.15) is 0 Å². The van der Waals surface area contributed by atoms with E-state index < -0.39 is 11.5 Å². The van der Waals surface area contributed by atoms with E-state index in [4.69, 9.17) is 23.7 Å². The van der Waals surface area contributed by atoms with Crippen molar-refractivity contribution in [2.24, 2.45) is 0 Å². The van der Waals surface area contributed by atoms with Crippen LogP contribution in [0.2, 0.25) is 0 Å². The number of carbonyl (C=O) groups excluding carboxylic acids is 2. The lowest BCUT2D eigenvalue weighted by molar-refractivity contribution is -0.154. The summed E-state index contributed by atoms with van der Waals surface area (Å²) in [5, 5.41) is 0. The van der Waals surface area contributed by atoms with Gasteiger partial charge < -0.3 is 23.7 Å². The SMILES string of the molecule is CC(=O)C[C@@H]1c2c(ccc3c2OCO3)[C@@]2(C)[C@@H](OC(C)=O)Cc3cc4c(cc3[C@H]2N1C)OCO4. The van der Waals surface area contributed by atoms with Crippen molar-refractivity contribution in [1.82, 2.24) is 4.90 Å². The number of nitrogens with zero attached hydrogens (tertiary/aromatic N) is 1. The number of carbonyl (C=O) groups is 2. The molecule has 0 spiro atoms. The zero-order valence-electron chi connectivity index (χ0n) is 19.7. The fourth-order valence-electron chi connectivity index (χ4n) is 6.37. The van der Waals surface area contributed by atoms with E-state index in [0.29, 0.717) is 35.8 Å². The van der Waals surface area contributed by atoms with Crippen LogP contribution in [0.4, 0.5) is 0 Å². The van der Waals surface area contributed by atoms with Gasteiger partial charge in [0.25, 0.3) is 0 Å². The first-order valence-electron chi connectivity index (χ1n) is 11.5. The van der Waals surface area contributed by atoms with E-state index in [0.717, 1.165) is 22.3 Å². The number of benzene rings is 2. The van der Waals surface area contributed by atoms with Gasteiger partial charge in [-0.3, -0.25) is 14.5 Å². The summed E-state index contributed by atoms with van der Waals surface area (Å²) in [5.41, 5.74) is 3.49. The lowest BCUT2D eigenvalue weighted by Crippen LogP contribution is -2.57. The summed E-state index contributed by atoms with van der Waals surface area (Å²) < 4.78 is 28.9. The Kier molecular flexibility index (Phi) is 4.61. The number of esters is 1. The molecule has 8 nitrogen and oxygen atoms in total. The number of ether oxygens (including phenoxy) is 5. The maximum Gasteiger partial charge on any atom is 0.302 e. The van der Waals surface area contributed by atoms with Gasteiger partial charge in [-0.15, -0.1) is 0 Å². The lowest BCUT2D eigenvalue weighted by Gasteiger charge is -2.56. The first-order chi connectivity index (χ1) is 16.3. The maximum absolute atomic E-state index is 12.4. The Hall–Kier alpha value is -3.26. The summed E-state index contributed by atoms with van der Waals surface area (Å²) >= 11 is 0. The van der Waals surface area contributed by atoms with Gasteiger partial charge >= 0.3 is 5.97 Å². The maximum atomic E-state index is 12.4. The van der Waals surface area contributed by atoms with E-state index in [2.05, 4.69) is 11.8 Å². The molecule has 0 bridgehead atoms. The molecule has 0 saturated heterocycles. The molecule has 1 aliphatic carbocycles. The van der Waals surface area contributed by atoms with Crippen LogP contribution in [0.5, 0.6) is 23.0 Å². The van der Waals surface area contributed by atoms with Crippen molar-refractivity contribution in [1.29, 1.82) is 0 Å². The number of hydrogen-bond donors (Lipinski definition) is 0. The highest BCUT2D eigenvalue weighted by molar-refractivity contribution is 5.77. The van der Waals surface area contributed by atoms with Crippen LogP contribution in [-0.4, -0.2) is 43.4 Å². The Morgan fingerprint density at radius 2 is 1.76 bits per heavy atom. The molecule has 2 aromatic carbocycles. The number of rotatable bonds is 3. The molecule has 178 valence electrons. The lowest BCUT2D eigenvalue weighted by atomic mass is 9.58. The number of Topliss-reactive ketones (excluding diaryl/α,β-unsaturated/α-hetero) is 1. The first-order valence-corrected chi connectivity index (χ1v) is 11.5. The number of hydrogen-bond acceptors (Lipinski definition) is 8. The monoisotopic (exact) mass is 465 g/mol. The number of ketones is 1. The van der Waals surface area contributed by atoms with Gasteiger partial charge in [0.2, 0.25) is 13.6 Å². The molecule has 0 amide bonds. The quantitative estimate of drug-likeness (QED) is 0.636. The molecule has 3 heterocycles. The van der Waals surface area contributed by atoms with Crippen molar-refractivity contribution in [3.8, 4) is 23.0 Å². The molecule has 4 atom stereocenters. The van der Waals surface area contributed by atoms with E-state index in [1.807, 2.05) is 31.3 Å². The summed E-state index contributed by atoms with van der Waals surface area (Å²) in [6.45, 7) is 5.51. The van der Waals surface area contributed by atoms with Crippen LogP contribution in [0.1, 0.15) is 61.5 Å². The standard InChI is InChI=1S/C26H27NO7/c1-13(28)7-18-23-17(5-6-19-24(23)33-12-30-19)26(3)22(34-14(2)29)9-15-8-20-21(32-11-31-20)10-16(15)25(26)27(18)4/h5-6,8,10,18,22,25H,7,9,11-12H2,1-4H3/t18-,22+,25-,26+/m1/s1. The van der Waals surface area contributed by atoms with Crippen LogP contribution in [0, 0.1) is 0 Å². The summed E-state index contributed by atoms with van der Waals surface area (Å²) in [6.07, 6.45) is 0.439. The summed E-state index contributed by atoms with van der Waals surface area (Å²) in [6, 6.07) is 7.61. The Morgan fingerprint density at radius 3 is 2.50 bits per heavy atom. The highest BCUT2D eigenvalue weighted by atomic mass is 16.7. The molecule has 3 aliphatic heterocycles. The van der Waals surface area contributed by atoms with Crippen molar-refractivity contribution >= 4 is 11.8 Å². The van der Waals surface area contributed by atoms with Crippen molar-refractivity contribution in [2.75, 3.05) is 20.6 Å². The second kappa shape index (κ2) is 7.37. The number of fused-ring (bicyclic) bond motifs is 8. The molecule has 0 saturated carbocycles. The van der Waals surface area contributed by atoms with Crippen LogP contribution in [0.3, 0.4) is 0 Å². The molecule has 0 fully saturated rings. The van der Waals surface area contributed by atoms with E-state index >= 15 is 0 Å². The molecular weight excluding hydrogens is 438 g/mol. The highest BCUT2D eigenvalue weighted by Gasteiger charge is 2.57. The molecule has 0 unspecified atom stereocenters. The van der Waals surface area contributed by atoms with Gasteiger partial charge in [-0.05, 0) is 48.9 Å². The molecule has 34 heavy (non-hydrogen) atoms. The third kappa shape index (κ3) is 2.87. The molecule has 0 radical (unpaired) electrons. The van der Waals surface area contributed by atoms with Crippen molar-refractivity contribution in [2.45, 2.75) is 57.2 Å². The van der Waals surface area contributed by atoms with Gasteiger partial charge in [-0.25, -0.2) is 0 Å². The zero-order chi connectivity index (χ0) is 23.8. The Bertz CT molecular complexity index is 1220. The van der Waals surface area contributed by atoms with Crippen LogP contribution >= 0.6 is 0 Å². The van der Waals surface area contributed by atoms with Crippen molar-refractivity contribution < 1.29 is 33.3 Å². The zero-order valence-corrected chi connectivity index (χ0v) is 19.7. The first kappa shape index (κ1) is 21.3. The molecule has 0 N–H and O–H groups in total. The van der Waals surface area contributed by atoms with E-state index in [1.165, 1.54) is 6.92 Å². The van der Waals surface area contributed by atoms with Crippen LogP contribution in [0.25, 0.3) is 0 Å². The Labute approximate surface area is 197 Å².